The van der Waals surface area contributed by atoms with Crippen LogP contribution in [0.15, 0.2) is 12.1 Å². The van der Waals surface area contributed by atoms with Crippen LogP contribution in [0.4, 0.5) is 5.69 Å². The second-order valence-corrected chi connectivity index (χ2v) is 4.92. The number of anilines is 1. The van der Waals surface area contributed by atoms with Crippen molar-refractivity contribution < 1.29 is 9.47 Å². The molecule has 0 fully saturated rings. The number of hydrogen-bond donors (Lipinski definition) is 1. The van der Waals surface area contributed by atoms with Crippen LogP contribution in [0.3, 0.4) is 0 Å². The first kappa shape index (κ1) is 13.3. The van der Waals surface area contributed by atoms with E-state index in [0.29, 0.717) is 24.3 Å². The highest BCUT2D eigenvalue weighted by atomic mass is 35.5. The Morgan fingerprint density at radius 3 is 2.50 bits per heavy atom. The highest BCUT2D eigenvalue weighted by Gasteiger charge is 2.16. The van der Waals surface area contributed by atoms with Gasteiger partial charge in [0.1, 0.15) is 13.2 Å². The summed E-state index contributed by atoms with van der Waals surface area (Å²) >= 11 is 6.26. The fraction of sp³-hybridized carbons (Fsp3) is 0.571. The van der Waals surface area contributed by atoms with E-state index in [1.807, 2.05) is 12.1 Å². The summed E-state index contributed by atoms with van der Waals surface area (Å²) in [5, 5.41) is 4.17. The van der Waals surface area contributed by atoms with Gasteiger partial charge in [-0.25, -0.2) is 0 Å². The van der Waals surface area contributed by atoms with E-state index in [1.165, 1.54) is 0 Å². The molecule has 1 aliphatic heterocycles. The summed E-state index contributed by atoms with van der Waals surface area (Å²) in [5.41, 5.74) is 0.932. The maximum atomic E-state index is 6.26. The second kappa shape index (κ2) is 6.19. The van der Waals surface area contributed by atoms with Crippen molar-refractivity contribution in [3.05, 3.63) is 17.2 Å². The molecule has 1 atom stereocenters. The van der Waals surface area contributed by atoms with Crippen LogP contribution in [0.5, 0.6) is 11.5 Å². The minimum Gasteiger partial charge on any atom is -0.486 e. The Kier molecular flexibility index (Phi) is 4.59. The summed E-state index contributed by atoms with van der Waals surface area (Å²) in [5.74, 6) is 1.51. The van der Waals surface area contributed by atoms with E-state index in [9.17, 15) is 0 Å². The minimum atomic E-state index is 0.454. The number of rotatable bonds is 5. The molecule has 4 heteroatoms. The van der Waals surface area contributed by atoms with Crippen molar-refractivity contribution in [3.8, 4) is 11.5 Å². The van der Waals surface area contributed by atoms with Crippen LogP contribution in [-0.4, -0.2) is 19.3 Å². The van der Waals surface area contributed by atoms with Crippen LogP contribution in [-0.2, 0) is 0 Å². The fourth-order valence-electron chi connectivity index (χ4n) is 2.12. The fourth-order valence-corrected chi connectivity index (χ4v) is 2.33. The van der Waals surface area contributed by atoms with E-state index in [1.54, 1.807) is 0 Å². The zero-order chi connectivity index (χ0) is 13.0. The van der Waals surface area contributed by atoms with Crippen molar-refractivity contribution in [2.45, 2.75) is 39.2 Å². The zero-order valence-electron chi connectivity index (χ0n) is 11.0. The van der Waals surface area contributed by atoms with E-state index in [-0.39, 0.29) is 0 Å². The third-order valence-corrected chi connectivity index (χ3v) is 3.43. The monoisotopic (exact) mass is 269 g/mol. The van der Waals surface area contributed by atoms with Gasteiger partial charge in [-0.2, -0.15) is 0 Å². The molecule has 1 heterocycles. The van der Waals surface area contributed by atoms with Gasteiger partial charge < -0.3 is 14.8 Å². The molecule has 0 amide bonds. The summed E-state index contributed by atoms with van der Waals surface area (Å²) in [6.45, 7) is 5.55. The lowest BCUT2D eigenvalue weighted by Gasteiger charge is -2.23. The Hall–Kier alpha value is -1.09. The lowest BCUT2D eigenvalue weighted by molar-refractivity contribution is 0.171. The first-order valence-electron chi connectivity index (χ1n) is 6.60. The van der Waals surface area contributed by atoms with Crippen LogP contribution >= 0.6 is 11.6 Å². The number of halogens is 1. The topological polar surface area (TPSA) is 30.5 Å². The summed E-state index contributed by atoms with van der Waals surface area (Å²) in [6, 6.07) is 4.22. The third-order valence-electron chi connectivity index (χ3n) is 3.12. The van der Waals surface area contributed by atoms with Crippen LogP contribution in [0.2, 0.25) is 5.02 Å². The molecule has 0 bridgehead atoms. The van der Waals surface area contributed by atoms with Crippen LogP contribution in [0.25, 0.3) is 0 Å². The molecule has 1 unspecified atom stereocenters. The van der Waals surface area contributed by atoms with Crippen molar-refractivity contribution in [1.82, 2.24) is 0 Å². The molecule has 2 rings (SSSR count). The SMILES string of the molecule is CCCC(CC)Nc1cc2c(cc1Cl)OCCO2. The molecule has 100 valence electrons. The lowest BCUT2D eigenvalue weighted by atomic mass is 10.1. The molecule has 0 aliphatic carbocycles. The van der Waals surface area contributed by atoms with Crippen molar-refractivity contribution in [1.29, 1.82) is 0 Å². The van der Waals surface area contributed by atoms with Crippen molar-refractivity contribution >= 4 is 17.3 Å². The van der Waals surface area contributed by atoms with Gasteiger partial charge in [0.05, 0.1) is 10.7 Å². The van der Waals surface area contributed by atoms with E-state index in [0.717, 1.165) is 36.4 Å². The van der Waals surface area contributed by atoms with E-state index < -0.39 is 0 Å². The molecule has 18 heavy (non-hydrogen) atoms. The van der Waals surface area contributed by atoms with Gasteiger partial charge in [-0.15, -0.1) is 0 Å². The summed E-state index contributed by atoms with van der Waals surface area (Å²) < 4.78 is 11.1. The van der Waals surface area contributed by atoms with Crippen molar-refractivity contribution in [2.24, 2.45) is 0 Å². The molecule has 0 spiro atoms. The Labute approximate surface area is 113 Å². The van der Waals surface area contributed by atoms with E-state index in [4.69, 9.17) is 21.1 Å². The van der Waals surface area contributed by atoms with Gasteiger partial charge in [0.25, 0.3) is 0 Å². The van der Waals surface area contributed by atoms with Gasteiger partial charge in [0.15, 0.2) is 11.5 Å². The number of benzene rings is 1. The first-order valence-corrected chi connectivity index (χ1v) is 6.98. The zero-order valence-corrected chi connectivity index (χ0v) is 11.7. The molecule has 1 aromatic rings. The second-order valence-electron chi connectivity index (χ2n) is 4.51. The average molecular weight is 270 g/mol. The molecule has 0 radical (unpaired) electrons. The number of nitrogens with one attached hydrogen (secondary N) is 1. The first-order chi connectivity index (χ1) is 8.74. The molecule has 1 aliphatic rings. The van der Waals surface area contributed by atoms with Crippen LogP contribution in [0, 0.1) is 0 Å². The summed E-state index contributed by atoms with van der Waals surface area (Å²) in [4.78, 5) is 0. The smallest absolute Gasteiger partial charge is 0.163 e. The normalized spacial score (nSPS) is 15.3. The largest absolute Gasteiger partial charge is 0.486 e. The Bertz CT molecular complexity index is 409. The summed E-state index contributed by atoms with van der Waals surface area (Å²) in [6.07, 6.45) is 3.38. The molecule has 1 N–H and O–H groups in total. The number of hydrogen-bond acceptors (Lipinski definition) is 3. The third kappa shape index (κ3) is 3.02. The van der Waals surface area contributed by atoms with Gasteiger partial charge in [0.2, 0.25) is 0 Å². The molecular weight excluding hydrogens is 250 g/mol. The molecule has 0 saturated carbocycles. The average Bonchev–Trinajstić information content (AvgIpc) is 2.39. The van der Waals surface area contributed by atoms with Gasteiger partial charge in [-0.05, 0) is 12.8 Å². The highest BCUT2D eigenvalue weighted by Crippen LogP contribution is 2.38. The van der Waals surface area contributed by atoms with E-state index in [2.05, 4.69) is 19.2 Å². The van der Waals surface area contributed by atoms with Crippen LogP contribution < -0.4 is 14.8 Å². The molecule has 1 aromatic carbocycles. The molecule has 3 nitrogen and oxygen atoms in total. The Morgan fingerprint density at radius 2 is 1.89 bits per heavy atom. The predicted molar refractivity (Wildman–Crippen MR) is 75.1 cm³/mol. The molecular formula is C14H20ClNO2. The summed E-state index contributed by atoms with van der Waals surface area (Å²) in [7, 11) is 0. The van der Waals surface area contributed by atoms with Crippen LogP contribution in [0.1, 0.15) is 33.1 Å². The Morgan fingerprint density at radius 1 is 1.22 bits per heavy atom. The number of ether oxygens (including phenoxy) is 2. The standard InChI is InChI=1S/C14H20ClNO2/c1-3-5-10(4-2)16-12-9-14-13(8-11(12)15)17-6-7-18-14/h8-10,16H,3-7H2,1-2H3. The molecule has 0 aromatic heterocycles. The van der Waals surface area contributed by atoms with E-state index >= 15 is 0 Å². The maximum absolute atomic E-state index is 6.26. The van der Waals surface area contributed by atoms with Gasteiger partial charge in [-0.1, -0.05) is 31.9 Å². The van der Waals surface area contributed by atoms with Gasteiger partial charge in [-0.3, -0.25) is 0 Å². The number of fused-ring (bicyclic) bond motifs is 1. The van der Waals surface area contributed by atoms with Crippen molar-refractivity contribution in [3.63, 3.8) is 0 Å². The van der Waals surface area contributed by atoms with Gasteiger partial charge in [0, 0.05) is 18.2 Å². The Balaban J connectivity index is 2.17. The highest BCUT2D eigenvalue weighted by molar-refractivity contribution is 6.33. The predicted octanol–water partition coefficient (Wildman–Crippen LogP) is 4.10. The maximum Gasteiger partial charge on any atom is 0.163 e. The van der Waals surface area contributed by atoms with Crippen molar-refractivity contribution in [2.75, 3.05) is 18.5 Å². The molecule has 0 saturated heterocycles. The van der Waals surface area contributed by atoms with Gasteiger partial charge >= 0.3 is 0 Å². The quantitative estimate of drug-likeness (QED) is 0.873. The minimum absolute atomic E-state index is 0.454. The lowest BCUT2D eigenvalue weighted by Crippen LogP contribution is -2.19.